The summed E-state index contributed by atoms with van der Waals surface area (Å²) in [6, 6.07) is 11.6. The number of fused-ring (bicyclic) bond motifs is 1. The van der Waals surface area contributed by atoms with E-state index in [0.717, 1.165) is 0 Å². The summed E-state index contributed by atoms with van der Waals surface area (Å²) in [5.74, 6) is -0.140. The second kappa shape index (κ2) is 13.6. The maximum Gasteiger partial charge on any atom is 0.400 e. The number of aliphatic hydroxyl groups is 1. The Morgan fingerprint density at radius 2 is 1.78 bits per heavy atom. The molecule has 0 amide bonds. The third kappa shape index (κ3) is 8.68. The first-order chi connectivity index (χ1) is 17.3. The number of aromatic nitrogens is 1. The molecule has 0 spiro atoms. The molecule has 0 fully saturated rings. The van der Waals surface area contributed by atoms with Crippen molar-refractivity contribution < 1.29 is 47.8 Å². The summed E-state index contributed by atoms with van der Waals surface area (Å²) in [4.78, 5) is 36.9. The average molecular weight is 524 g/mol. The molecule has 1 heterocycles. The average Bonchev–Trinajstić information content (AvgIpc) is 3.26. The van der Waals surface area contributed by atoms with Crippen LogP contribution in [-0.2, 0) is 28.8 Å². The van der Waals surface area contributed by atoms with Gasteiger partial charge in [0, 0.05) is 11.4 Å². The number of esters is 2. The molecule has 1 N–H and O–H groups in total. The Bertz CT molecular complexity index is 1130. The molecule has 0 saturated carbocycles. The third-order valence-electron chi connectivity index (χ3n) is 4.48. The molecule has 0 aliphatic heterocycles. The highest BCUT2D eigenvalue weighted by atomic mass is 35.5. The lowest BCUT2D eigenvalue weighted by Crippen LogP contribution is -2.27. The molecule has 0 radical (unpaired) electrons. The van der Waals surface area contributed by atoms with Crippen LogP contribution in [0.4, 0.5) is 0 Å². The summed E-state index contributed by atoms with van der Waals surface area (Å²) in [5, 5.41) is 10.1. The van der Waals surface area contributed by atoms with Gasteiger partial charge in [0.15, 0.2) is 11.7 Å². The van der Waals surface area contributed by atoms with Gasteiger partial charge in [0.25, 0.3) is 0 Å². The van der Waals surface area contributed by atoms with Crippen molar-refractivity contribution in [3.8, 4) is 17.6 Å². The molecule has 3 aromatic rings. The number of ether oxygens (including phenoxy) is 4. The van der Waals surface area contributed by atoms with Crippen LogP contribution in [0.2, 0.25) is 5.02 Å². The zero-order chi connectivity index (χ0) is 25.9. The van der Waals surface area contributed by atoms with Crippen LogP contribution in [0.5, 0.6) is 17.6 Å². The predicted octanol–water partition coefficient (Wildman–Crippen LogP) is 3.85. The molecule has 0 saturated heterocycles. The van der Waals surface area contributed by atoms with Crippen molar-refractivity contribution in [3.05, 3.63) is 47.5 Å². The Labute approximate surface area is 211 Å². The standard InChI is InChI=1S/C24H26ClNO10/c1-3-22(28)31-13-17(27)14-33-32-11-10-30-23(29)15(2)34-18-5-7-19(8-6-18)35-24-26-20-12-16(25)4-9-21(20)36-24/h4-9,12,15,17,27H,3,10-11,13-14H2,1-2H3. The fourth-order valence-electron chi connectivity index (χ4n) is 2.68. The van der Waals surface area contributed by atoms with E-state index >= 15 is 0 Å². The lowest BCUT2D eigenvalue weighted by Gasteiger charge is -2.14. The number of benzene rings is 2. The van der Waals surface area contributed by atoms with E-state index in [0.29, 0.717) is 27.6 Å². The molecule has 0 bridgehead atoms. The van der Waals surface area contributed by atoms with Gasteiger partial charge in [-0.1, -0.05) is 18.5 Å². The zero-order valence-electron chi connectivity index (χ0n) is 19.7. The number of halogens is 1. The molecule has 2 aromatic carbocycles. The van der Waals surface area contributed by atoms with Gasteiger partial charge in [-0.2, -0.15) is 4.98 Å². The van der Waals surface area contributed by atoms with Crippen LogP contribution in [0.3, 0.4) is 0 Å². The minimum atomic E-state index is -1.03. The van der Waals surface area contributed by atoms with Gasteiger partial charge in [-0.25, -0.2) is 14.6 Å². The summed E-state index contributed by atoms with van der Waals surface area (Å²) < 4.78 is 26.5. The van der Waals surface area contributed by atoms with Crippen molar-refractivity contribution in [1.29, 1.82) is 0 Å². The normalized spacial score (nSPS) is 12.7. The van der Waals surface area contributed by atoms with Crippen LogP contribution in [-0.4, -0.2) is 60.7 Å². The summed E-state index contributed by atoms with van der Waals surface area (Å²) in [6.07, 6.45) is -1.62. The first-order valence-electron chi connectivity index (χ1n) is 11.1. The predicted molar refractivity (Wildman–Crippen MR) is 126 cm³/mol. The molecule has 1 aromatic heterocycles. The fourth-order valence-corrected chi connectivity index (χ4v) is 2.85. The first-order valence-corrected chi connectivity index (χ1v) is 11.5. The summed E-state index contributed by atoms with van der Waals surface area (Å²) in [5.41, 5.74) is 1.12. The molecule has 0 aliphatic rings. The second-order valence-corrected chi connectivity index (χ2v) is 7.83. The van der Waals surface area contributed by atoms with Crippen molar-refractivity contribution in [1.82, 2.24) is 4.98 Å². The summed E-state index contributed by atoms with van der Waals surface area (Å²) >= 11 is 5.95. The number of hydrogen-bond donors (Lipinski definition) is 1. The minimum Gasteiger partial charge on any atom is -0.479 e. The number of carbonyl (C=O) groups is 2. The van der Waals surface area contributed by atoms with Gasteiger partial charge in [-0.15, -0.1) is 0 Å². The molecule has 12 heteroatoms. The topological polar surface area (TPSA) is 136 Å². The number of hydrogen-bond acceptors (Lipinski definition) is 11. The number of nitrogens with zero attached hydrogens (tertiary/aromatic N) is 1. The molecular weight excluding hydrogens is 498 g/mol. The highest BCUT2D eigenvalue weighted by molar-refractivity contribution is 6.31. The van der Waals surface area contributed by atoms with Crippen LogP contribution in [0.15, 0.2) is 46.9 Å². The molecule has 194 valence electrons. The maximum absolute atomic E-state index is 12.1. The van der Waals surface area contributed by atoms with Crippen molar-refractivity contribution >= 4 is 34.6 Å². The van der Waals surface area contributed by atoms with Gasteiger partial charge in [-0.3, -0.25) is 4.79 Å². The van der Waals surface area contributed by atoms with Crippen molar-refractivity contribution in [2.75, 3.05) is 26.4 Å². The van der Waals surface area contributed by atoms with Crippen LogP contribution < -0.4 is 9.47 Å². The Morgan fingerprint density at radius 1 is 1.03 bits per heavy atom. The molecular formula is C24H26ClNO10. The van der Waals surface area contributed by atoms with Gasteiger partial charge in [0.1, 0.15) is 49.5 Å². The monoisotopic (exact) mass is 523 g/mol. The molecule has 36 heavy (non-hydrogen) atoms. The highest BCUT2D eigenvalue weighted by Crippen LogP contribution is 2.28. The van der Waals surface area contributed by atoms with E-state index in [1.807, 2.05) is 0 Å². The van der Waals surface area contributed by atoms with E-state index in [9.17, 15) is 14.7 Å². The van der Waals surface area contributed by atoms with E-state index in [1.165, 1.54) is 0 Å². The fraction of sp³-hybridized carbons (Fsp3) is 0.375. The lowest BCUT2D eigenvalue weighted by molar-refractivity contribution is -0.309. The van der Waals surface area contributed by atoms with Gasteiger partial charge in [-0.05, 0) is 49.4 Å². The van der Waals surface area contributed by atoms with E-state index in [2.05, 4.69) is 4.98 Å². The van der Waals surface area contributed by atoms with E-state index in [1.54, 1.807) is 56.3 Å². The largest absolute Gasteiger partial charge is 0.479 e. The van der Waals surface area contributed by atoms with Crippen molar-refractivity contribution in [2.24, 2.45) is 0 Å². The lowest BCUT2D eigenvalue weighted by atomic mass is 10.3. The number of carbonyl (C=O) groups excluding carboxylic acids is 2. The van der Waals surface area contributed by atoms with Gasteiger partial charge >= 0.3 is 18.0 Å². The van der Waals surface area contributed by atoms with Crippen molar-refractivity contribution in [3.63, 3.8) is 0 Å². The van der Waals surface area contributed by atoms with E-state index in [4.69, 9.17) is 44.7 Å². The van der Waals surface area contributed by atoms with Crippen LogP contribution >= 0.6 is 11.6 Å². The Morgan fingerprint density at radius 3 is 2.53 bits per heavy atom. The SMILES string of the molecule is CCC(=O)OCC(O)COOCCOC(=O)C(C)Oc1ccc(Oc2nc3cc(Cl)ccc3o2)cc1. The van der Waals surface area contributed by atoms with Gasteiger partial charge in [0.05, 0.1) is 0 Å². The minimum absolute atomic E-state index is 0.0615. The molecule has 0 aliphatic carbocycles. The van der Waals surface area contributed by atoms with Gasteiger partial charge < -0.3 is 28.5 Å². The van der Waals surface area contributed by atoms with Gasteiger partial charge in [0.2, 0.25) is 0 Å². The molecule has 2 atom stereocenters. The number of oxazole rings is 1. The zero-order valence-corrected chi connectivity index (χ0v) is 20.4. The smallest absolute Gasteiger partial charge is 0.400 e. The quantitative estimate of drug-likeness (QED) is 0.143. The number of rotatable bonds is 14. The van der Waals surface area contributed by atoms with Crippen LogP contribution in [0.1, 0.15) is 20.3 Å². The van der Waals surface area contributed by atoms with E-state index < -0.39 is 24.1 Å². The van der Waals surface area contributed by atoms with Crippen molar-refractivity contribution in [2.45, 2.75) is 32.5 Å². The Balaban J connectivity index is 1.33. The first kappa shape index (κ1) is 27.2. The Hall–Kier alpha value is -3.38. The van der Waals surface area contributed by atoms with E-state index in [-0.39, 0.29) is 38.9 Å². The Kier molecular flexibility index (Phi) is 10.3. The summed E-state index contributed by atoms with van der Waals surface area (Å²) in [6.45, 7) is 2.64. The van der Waals surface area contributed by atoms with Crippen LogP contribution in [0, 0.1) is 0 Å². The summed E-state index contributed by atoms with van der Waals surface area (Å²) in [7, 11) is 0. The van der Waals surface area contributed by atoms with Crippen LogP contribution in [0.25, 0.3) is 11.1 Å². The second-order valence-electron chi connectivity index (χ2n) is 7.39. The number of aliphatic hydroxyl groups excluding tert-OH is 1. The molecule has 11 nitrogen and oxygen atoms in total. The molecule has 2 unspecified atom stereocenters. The maximum atomic E-state index is 12.1. The highest BCUT2D eigenvalue weighted by Gasteiger charge is 2.17. The molecule has 3 rings (SSSR count). The third-order valence-corrected chi connectivity index (χ3v) is 4.72.